The fourth-order valence-electron chi connectivity index (χ4n) is 5.44. The first-order valence-corrected chi connectivity index (χ1v) is 9.37. The monoisotopic (exact) mass is 327 g/mol. The van der Waals surface area contributed by atoms with Crippen LogP contribution >= 0.6 is 0 Å². The Balaban J connectivity index is 1.77. The number of fused-ring (bicyclic) bond motifs is 4. The zero-order valence-electron chi connectivity index (χ0n) is 14.7. The number of rotatable bonds is 4. The molecular weight excluding hydrogens is 298 g/mol. The molecule has 4 rings (SSSR count). The molecule has 0 radical (unpaired) electrons. The van der Waals surface area contributed by atoms with E-state index in [9.17, 15) is 10.2 Å². The molecule has 2 fully saturated rings. The largest absolute Gasteiger partial charge is 0.508 e. The van der Waals surface area contributed by atoms with Crippen LogP contribution in [0.4, 0.5) is 0 Å². The summed E-state index contributed by atoms with van der Waals surface area (Å²) in [5, 5.41) is 21.7. The van der Waals surface area contributed by atoms with Crippen molar-refractivity contribution in [2.45, 2.75) is 62.5 Å². The van der Waals surface area contributed by atoms with E-state index in [1.165, 1.54) is 24.8 Å². The van der Waals surface area contributed by atoms with Gasteiger partial charge in [-0.1, -0.05) is 18.6 Å². The van der Waals surface area contributed by atoms with Crippen LogP contribution in [0.25, 0.3) is 0 Å². The van der Waals surface area contributed by atoms with Crippen molar-refractivity contribution < 1.29 is 10.2 Å². The molecule has 2 aliphatic carbocycles. The standard InChI is InChI=1S/C21H29NO2/c1-3-9-21-10-11-22(14-15-5-4-6-15)19(20(21,2)24)12-16-7-8-17(23)13-18(16)21/h3,7-8,13,15,19,23-24H,1,4-6,9-12,14H2,2H3/t19?,20-,21?/m0/s1. The zero-order valence-corrected chi connectivity index (χ0v) is 14.7. The van der Waals surface area contributed by atoms with Crippen LogP contribution in [0.3, 0.4) is 0 Å². The molecule has 1 aromatic carbocycles. The average Bonchev–Trinajstić information content (AvgIpc) is 2.48. The lowest BCUT2D eigenvalue weighted by molar-refractivity contribution is -0.138. The fourth-order valence-corrected chi connectivity index (χ4v) is 5.44. The van der Waals surface area contributed by atoms with E-state index in [0.717, 1.165) is 43.8 Å². The van der Waals surface area contributed by atoms with Gasteiger partial charge in [0.15, 0.2) is 0 Å². The molecule has 3 atom stereocenters. The summed E-state index contributed by atoms with van der Waals surface area (Å²) in [5.74, 6) is 1.11. The minimum Gasteiger partial charge on any atom is -0.508 e. The third kappa shape index (κ3) is 2.18. The highest BCUT2D eigenvalue weighted by atomic mass is 16.3. The topological polar surface area (TPSA) is 43.7 Å². The summed E-state index contributed by atoms with van der Waals surface area (Å²) in [5.41, 5.74) is 1.28. The average molecular weight is 327 g/mol. The lowest BCUT2D eigenvalue weighted by Gasteiger charge is -2.61. The predicted octanol–water partition coefficient (Wildman–Crippen LogP) is 3.39. The van der Waals surface area contributed by atoms with E-state index < -0.39 is 5.60 Å². The zero-order chi connectivity index (χ0) is 16.9. The molecule has 3 nitrogen and oxygen atoms in total. The summed E-state index contributed by atoms with van der Waals surface area (Å²) >= 11 is 0. The molecule has 0 aromatic heterocycles. The lowest BCUT2D eigenvalue weighted by Crippen LogP contribution is -2.70. The Kier molecular flexibility index (Phi) is 3.77. The molecule has 24 heavy (non-hydrogen) atoms. The Morgan fingerprint density at radius 2 is 2.17 bits per heavy atom. The van der Waals surface area contributed by atoms with Gasteiger partial charge in [-0.25, -0.2) is 0 Å². The number of phenolic OH excluding ortho intramolecular Hbond substituents is 1. The molecule has 1 saturated heterocycles. The Bertz CT molecular complexity index is 649. The fraction of sp³-hybridized carbons (Fsp3) is 0.619. The summed E-state index contributed by atoms with van der Waals surface area (Å²) in [7, 11) is 0. The Labute approximate surface area is 145 Å². The van der Waals surface area contributed by atoms with E-state index >= 15 is 0 Å². The highest BCUT2D eigenvalue weighted by Gasteiger charge is 2.59. The van der Waals surface area contributed by atoms with Crippen LogP contribution in [0.2, 0.25) is 0 Å². The number of aliphatic hydroxyl groups is 1. The van der Waals surface area contributed by atoms with Gasteiger partial charge in [-0.15, -0.1) is 6.58 Å². The van der Waals surface area contributed by atoms with E-state index in [4.69, 9.17) is 0 Å². The van der Waals surface area contributed by atoms with Gasteiger partial charge >= 0.3 is 0 Å². The quantitative estimate of drug-likeness (QED) is 0.833. The minimum absolute atomic E-state index is 0.156. The van der Waals surface area contributed by atoms with Crippen molar-refractivity contribution in [1.82, 2.24) is 4.90 Å². The number of hydrogen-bond acceptors (Lipinski definition) is 3. The van der Waals surface area contributed by atoms with Gasteiger partial charge in [0.1, 0.15) is 5.75 Å². The predicted molar refractivity (Wildman–Crippen MR) is 96.2 cm³/mol. The van der Waals surface area contributed by atoms with Gasteiger partial charge in [0.25, 0.3) is 0 Å². The number of nitrogens with zero attached hydrogens (tertiary/aromatic N) is 1. The molecule has 3 heteroatoms. The SMILES string of the molecule is C=CCC12CCN(CC3CCC3)C(Cc3ccc(O)cc31)[C@]2(C)O. The molecule has 1 aromatic rings. The summed E-state index contributed by atoms with van der Waals surface area (Å²) in [4.78, 5) is 2.54. The van der Waals surface area contributed by atoms with Crippen LogP contribution in [0, 0.1) is 5.92 Å². The van der Waals surface area contributed by atoms with Crippen molar-refractivity contribution >= 4 is 0 Å². The van der Waals surface area contributed by atoms with Gasteiger partial charge < -0.3 is 10.2 Å². The van der Waals surface area contributed by atoms with Crippen LogP contribution in [-0.4, -0.2) is 39.8 Å². The molecule has 2 unspecified atom stereocenters. The van der Waals surface area contributed by atoms with Gasteiger partial charge in [0, 0.05) is 18.0 Å². The highest BCUT2D eigenvalue weighted by Crippen LogP contribution is 2.54. The van der Waals surface area contributed by atoms with Crippen LogP contribution < -0.4 is 0 Å². The molecule has 1 heterocycles. The number of piperidine rings is 1. The van der Waals surface area contributed by atoms with Gasteiger partial charge in [-0.05, 0) is 74.8 Å². The van der Waals surface area contributed by atoms with Crippen LogP contribution in [-0.2, 0) is 11.8 Å². The minimum atomic E-state index is -0.802. The molecule has 1 saturated carbocycles. The number of benzene rings is 1. The molecule has 2 N–H and O–H groups in total. The smallest absolute Gasteiger partial charge is 0.115 e. The number of likely N-dealkylation sites (tertiary alicyclic amines) is 1. The van der Waals surface area contributed by atoms with E-state index in [1.807, 2.05) is 19.1 Å². The Hall–Kier alpha value is -1.32. The van der Waals surface area contributed by atoms with E-state index in [0.29, 0.717) is 5.75 Å². The summed E-state index contributed by atoms with van der Waals surface area (Å²) in [6.07, 6.45) is 8.53. The van der Waals surface area contributed by atoms with E-state index in [-0.39, 0.29) is 11.5 Å². The normalized spacial score (nSPS) is 36.0. The molecule has 130 valence electrons. The lowest BCUT2D eigenvalue weighted by atomic mass is 9.53. The van der Waals surface area contributed by atoms with Crippen molar-refractivity contribution in [3.05, 3.63) is 42.0 Å². The molecule has 0 amide bonds. The maximum absolute atomic E-state index is 11.7. The second kappa shape index (κ2) is 5.60. The first kappa shape index (κ1) is 16.2. The highest BCUT2D eigenvalue weighted by molar-refractivity contribution is 5.47. The van der Waals surface area contributed by atoms with Gasteiger partial charge in [-0.2, -0.15) is 0 Å². The van der Waals surface area contributed by atoms with Crippen LogP contribution in [0.1, 0.15) is 50.2 Å². The molecule has 0 spiro atoms. The molecule has 3 aliphatic rings. The first-order valence-electron chi connectivity index (χ1n) is 9.37. The van der Waals surface area contributed by atoms with Gasteiger partial charge in [0.2, 0.25) is 0 Å². The van der Waals surface area contributed by atoms with Crippen molar-refractivity contribution in [3.8, 4) is 5.75 Å². The van der Waals surface area contributed by atoms with Crippen molar-refractivity contribution in [1.29, 1.82) is 0 Å². The molecular formula is C21H29NO2. The third-order valence-corrected chi connectivity index (χ3v) is 7.12. The summed E-state index contributed by atoms with van der Waals surface area (Å²) in [6, 6.07) is 5.87. The molecule has 2 bridgehead atoms. The van der Waals surface area contributed by atoms with Crippen molar-refractivity contribution in [2.75, 3.05) is 13.1 Å². The van der Waals surface area contributed by atoms with Gasteiger partial charge in [0.05, 0.1) is 5.60 Å². The summed E-state index contributed by atoms with van der Waals surface area (Å²) < 4.78 is 0. The molecule has 1 aliphatic heterocycles. The maximum atomic E-state index is 11.7. The third-order valence-electron chi connectivity index (χ3n) is 7.12. The number of phenols is 1. The van der Waals surface area contributed by atoms with Crippen molar-refractivity contribution in [3.63, 3.8) is 0 Å². The van der Waals surface area contributed by atoms with E-state index in [2.05, 4.69) is 17.5 Å². The number of allylic oxidation sites excluding steroid dienone is 1. The number of hydrogen-bond donors (Lipinski definition) is 2. The Morgan fingerprint density at radius 1 is 1.38 bits per heavy atom. The maximum Gasteiger partial charge on any atom is 0.115 e. The van der Waals surface area contributed by atoms with Crippen LogP contribution in [0.5, 0.6) is 5.75 Å². The Morgan fingerprint density at radius 3 is 2.83 bits per heavy atom. The summed E-state index contributed by atoms with van der Waals surface area (Å²) in [6.45, 7) is 8.13. The van der Waals surface area contributed by atoms with Crippen LogP contribution in [0.15, 0.2) is 30.9 Å². The van der Waals surface area contributed by atoms with Gasteiger partial charge in [-0.3, -0.25) is 4.90 Å². The second-order valence-corrected chi connectivity index (χ2v) is 8.33. The number of aromatic hydroxyl groups is 1. The van der Waals surface area contributed by atoms with E-state index in [1.54, 1.807) is 6.07 Å². The first-order chi connectivity index (χ1) is 11.5. The second-order valence-electron chi connectivity index (χ2n) is 8.33. The van der Waals surface area contributed by atoms with Crippen molar-refractivity contribution in [2.24, 2.45) is 5.92 Å².